The van der Waals surface area contributed by atoms with E-state index in [1.54, 1.807) is 0 Å². The van der Waals surface area contributed by atoms with Gasteiger partial charge in [-0.05, 0) is 11.8 Å². The first kappa shape index (κ1) is 19.2. The van der Waals surface area contributed by atoms with Crippen LogP contribution in [0.3, 0.4) is 0 Å². The molecule has 0 bridgehead atoms. The Morgan fingerprint density at radius 2 is 1.42 bits per heavy atom. The number of amides is 2. The first-order valence-corrected chi connectivity index (χ1v) is 8.01. The number of methoxy groups -OCH3 is 2. The van der Waals surface area contributed by atoms with E-state index in [9.17, 15) is 9.59 Å². The lowest BCUT2D eigenvalue weighted by Crippen LogP contribution is -2.12. The van der Waals surface area contributed by atoms with Gasteiger partial charge >= 0.3 is 0 Å². The Morgan fingerprint density at radius 1 is 0.962 bits per heavy atom. The van der Waals surface area contributed by atoms with Gasteiger partial charge in [-0.1, -0.05) is 0 Å². The zero-order valence-electron chi connectivity index (χ0n) is 14.5. The molecule has 0 radical (unpaired) electrons. The van der Waals surface area contributed by atoms with E-state index in [4.69, 9.17) is 15.2 Å². The second kappa shape index (κ2) is 8.29. The second-order valence-electron chi connectivity index (χ2n) is 4.81. The lowest BCUT2D eigenvalue weighted by Gasteiger charge is -2.12. The van der Waals surface area contributed by atoms with E-state index in [0.29, 0.717) is 4.90 Å². The minimum atomic E-state index is -0.320. The maximum atomic E-state index is 11.3. The Hall–Kier alpha value is -3.15. The molecule has 0 saturated heterocycles. The molecule has 0 atom stereocenters. The van der Waals surface area contributed by atoms with Crippen LogP contribution in [0.4, 0.5) is 17.6 Å². The van der Waals surface area contributed by atoms with Crippen molar-refractivity contribution in [3.63, 3.8) is 0 Å². The number of nitrogens with zero attached hydrogens (tertiary/aromatic N) is 4. The molecule has 0 aliphatic carbocycles. The normalized spacial score (nSPS) is 10.2. The van der Waals surface area contributed by atoms with E-state index in [0.717, 1.165) is 11.8 Å². The van der Waals surface area contributed by atoms with Crippen molar-refractivity contribution in [3.8, 4) is 11.8 Å². The van der Waals surface area contributed by atoms with Gasteiger partial charge in [-0.2, -0.15) is 9.97 Å². The average molecular weight is 379 g/mol. The van der Waals surface area contributed by atoms with Crippen molar-refractivity contribution in [2.45, 2.75) is 23.9 Å². The highest BCUT2D eigenvalue weighted by Crippen LogP contribution is 2.39. The summed E-state index contributed by atoms with van der Waals surface area (Å²) in [5.41, 5.74) is 5.61. The summed E-state index contributed by atoms with van der Waals surface area (Å²) < 4.78 is 10.4. The molecular formula is C14H17N7O4S. The molecule has 0 aliphatic rings. The molecule has 0 aromatic carbocycles. The van der Waals surface area contributed by atoms with Gasteiger partial charge in [-0.3, -0.25) is 9.59 Å². The van der Waals surface area contributed by atoms with E-state index in [-0.39, 0.29) is 46.3 Å². The van der Waals surface area contributed by atoms with Gasteiger partial charge in [0.1, 0.15) is 16.5 Å². The van der Waals surface area contributed by atoms with Crippen LogP contribution in [-0.4, -0.2) is 46.0 Å². The van der Waals surface area contributed by atoms with E-state index in [1.165, 1.54) is 34.1 Å². The number of nitrogens with one attached hydrogen (secondary N) is 2. The molecule has 2 amide bonds. The fourth-order valence-electron chi connectivity index (χ4n) is 1.84. The molecule has 26 heavy (non-hydrogen) atoms. The third-order valence-electron chi connectivity index (χ3n) is 2.71. The molecule has 2 rings (SSSR count). The van der Waals surface area contributed by atoms with Crippen molar-refractivity contribution < 1.29 is 19.1 Å². The molecule has 11 nitrogen and oxygen atoms in total. The second-order valence-corrected chi connectivity index (χ2v) is 5.79. The Labute approximate surface area is 153 Å². The van der Waals surface area contributed by atoms with Gasteiger partial charge < -0.3 is 25.8 Å². The van der Waals surface area contributed by atoms with E-state index < -0.39 is 0 Å². The van der Waals surface area contributed by atoms with Gasteiger partial charge in [0, 0.05) is 19.9 Å². The Bertz CT molecular complexity index is 787. The first-order valence-electron chi connectivity index (χ1n) is 7.20. The minimum Gasteiger partial charge on any atom is -0.480 e. The minimum absolute atomic E-state index is 0.0186. The Balaban J connectivity index is 2.48. The highest BCUT2D eigenvalue weighted by Gasteiger charge is 2.19. The summed E-state index contributed by atoms with van der Waals surface area (Å²) >= 11 is 1.03. The molecule has 2 aromatic rings. The molecular weight excluding hydrogens is 362 g/mol. The van der Waals surface area contributed by atoms with Crippen LogP contribution >= 0.6 is 11.8 Å². The third-order valence-corrected chi connectivity index (χ3v) is 3.63. The average Bonchev–Trinajstić information content (AvgIpc) is 2.54. The van der Waals surface area contributed by atoms with E-state index >= 15 is 0 Å². The number of aromatic nitrogens is 4. The van der Waals surface area contributed by atoms with Gasteiger partial charge in [-0.15, -0.1) is 0 Å². The SMILES string of the molecule is COc1nc(N)nc(OC)c1Sc1nc(NC(C)=O)cc(NC(C)=O)n1. The van der Waals surface area contributed by atoms with E-state index in [1.807, 2.05) is 0 Å². The number of carbonyl (C=O) groups excluding carboxylic acids is 2. The van der Waals surface area contributed by atoms with Crippen LogP contribution in [0.25, 0.3) is 0 Å². The molecule has 2 aromatic heterocycles. The van der Waals surface area contributed by atoms with Crippen molar-refractivity contribution in [1.29, 1.82) is 0 Å². The van der Waals surface area contributed by atoms with Crippen molar-refractivity contribution in [2.24, 2.45) is 0 Å². The topological polar surface area (TPSA) is 154 Å². The summed E-state index contributed by atoms with van der Waals surface area (Å²) in [6.45, 7) is 2.68. The van der Waals surface area contributed by atoms with Gasteiger partial charge in [0.2, 0.25) is 29.5 Å². The van der Waals surface area contributed by atoms with Gasteiger partial charge in [0.25, 0.3) is 0 Å². The molecule has 4 N–H and O–H groups in total. The summed E-state index contributed by atoms with van der Waals surface area (Å²) in [4.78, 5) is 39.4. The van der Waals surface area contributed by atoms with Gasteiger partial charge in [-0.25, -0.2) is 9.97 Å². The maximum absolute atomic E-state index is 11.3. The lowest BCUT2D eigenvalue weighted by atomic mass is 10.5. The fraction of sp³-hybridized carbons (Fsp3) is 0.286. The smallest absolute Gasteiger partial charge is 0.236 e. The highest BCUT2D eigenvalue weighted by molar-refractivity contribution is 7.99. The summed E-state index contributed by atoms with van der Waals surface area (Å²) in [6, 6.07) is 1.43. The Morgan fingerprint density at radius 3 is 1.81 bits per heavy atom. The summed E-state index contributed by atoms with van der Waals surface area (Å²) in [5.74, 6) is 0.123. The van der Waals surface area contributed by atoms with Gasteiger partial charge in [0.05, 0.1) is 14.2 Å². The lowest BCUT2D eigenvalue weighted by molar-refractivity contribution is -0.115. The van der Waals surface area contributed by atoms with Gasteiger partial charge in [0.15, 0.2) is 5.16 Å². The predicted octanol–water partition coefficient (Wildman–Crippen LogP) is 0.934. The Kier molecular flexibility index (Phi) is 6.11. The molecule has 0 spiro atoms. The molecule has 0 saturated carbocycles. The number of rotatable bonds is 6. The first-order chi connectivity index (χ1) is 12.3. The number of anilines is 3. The van der Waals surface area contributed by atoms with Crippen LogP contribution in [0.1, 0.15) is 13.8 Å². The van der Waals surface area contributed by atoms with Crippen molar-refractivity contribution in [1.82, 2.24) is 19.9 Å². The largest absolute Gasteiger partial charge is 0.480 e. The number of carbonyl (C=O) groups is 2. The van der Waals surface area contributed by atoms with Crippen LogP contribution in [0.2, 0.25) is 0 Å². The number of ether oxygens (including phenoxy) is 2. The molecule has 138 valence electrons. The number of nitrogens with two attached hydrogens (primary N) is 1. The summed E-state index contributed by atoms with van der Waals surface area (Å²) in [5, 5.41) is 5.28. The number of hydrogen-bond acceptors (Lipinski definition) is 10. The molecule has 0 fully saturated rings. The van der Waals surface area contributed by atoms with Crippen molar-refractivity contribution in [3.05, 3.63) is 6.07 Å². The van der Waals surface area contributed by atoms with Crippen molar-refractivity contribution in [2.75, 3.05) is 30.6 Å². The van der Waals surface area contributed by atoms with Crippen LogP contribution < -0.4 is 25.8 Å². The van der Waals surface area contributed by atoms with Crippen LogP contribution in [0.15, 0.2) is 16.1 Å². The van der Waals surface area contributed by atoms with E-state index in [2.05, 4.69) is 30.6 Å². The predicted molar refractivity (Wildman–Crippen MR) is 94.3 cm³/mol. The van der Waals surface area contributed by atoms with Crippen LogP contribution in [0.5, 0.6) is 11.8 Å². The number of hydrogen-bond donors (Lipinski definition) is 3. The molecule has 0 aliphatic heterocycles. The quantitative estimate of drug-likeness (QED) is 0.617. The molecule has 12 heteroatoms. The monoisotopic (exact) mass is 379 g/mol. The summed E-state index contributed by atoms with van der Waals surface area (Å²) in [7, 11) is 2.84. The van der Waals surface area contributed by atoms with Crippen molar-refractivity contribution >= 4 is 41.2 Å². The zero-order valence-corrected chi connectivity index (χ0v) is 15.3. The third kappa shape index (κ3) is 4.92. The summed E-state index contributed by atoms with van der Waals surface area (Å²) in [6.07, 6.45) is 0. The standard InChI is InChI=1S/C14H17N7O4S/c1-6(22)16-8-5-9(17-7(2)23)19-14(18-8)26-10-11(24-3)20-13(15)21-12(10)25-4/h5H,1-4H3,(H2,15,20,21)(H2,16,17,18,19,22,23). The van der Waals surface area contributed by atoms with Crippen LogP contribution in [-0.2, 0) is 9.59 Å². The molecule has 0 unspecified atom stereocenters. The maximum Gasteiger partial charge on any atom is 0.236 e. The fourth-order valence-corrected chi connectivity index (χ4v) is 2.74. The molecule has 2 heterocycles. The van der Waals surface area contributed by atoms with Crippen LogP contribution in [0, 0.1) is 0 Å². The highest BCUT2D eigenvalue weighted by atomic mass is 32.2. The zero-order chi connectivity index (χ0) is 19.3. The number of nitrogen functional groups attached to an aromatic ring is 1.